The third kappa shape index (κ3) is 1.82. The van der Waals surface area contributed by atoms with Crippen molar-refractivity contribution in [2.75, 3.05) is 5.32 Å². The molecule has 0 unspecified atom stereocenters. The zero-order valence-corrected chi connectivity index (χ0v) is 5.63. The van der Waals surface area contributed by atoms with Crippen LogP contribution in [0.5, 0.6) is 0 Å². The van der Waals surface area contributed by atoms with Crippen molar-refractivity contribution in [2.24, 2.45) is 5.73 Å². The van der Waals surface area contributed by atoms with E-state index in [4.69, 9.17) is 5.73 Å². The van der Waals surface area contributed by atoms with Gasteiger partial charge >= 0.3 is 6.03 Å². The van der Waals surface area contributed by atoms with Gasteiger partial charge in [0.25, 0.3) is 5.56 Å². The van der Waals surface area contributed by atoms with Crippen molar-refractivity contribution in [1.29, 1.82) is 0 Å². The van der Waals surface area contributed by atoms with Crippen molar-refractivity contribution >= 4 is 11.7 Å². The Bertz CT molecular complexity index is 318. The number of aromatic nitrogens is 1. The summed E-state index contributed by atoms with van der Waals surface area (Å²) in [5.74, 6) is 0. The van der Waals surface area contributed by atoms with Gasteiger partial charge in [-0.3, -0.25) is 4.79 Å². The third-order valence-corrected chi connectivity index (χ3v) is 1.08. The fourth-order valence-corrected chi connectivity index (χ4v) is 0.653. The number of rotatable bonds is 1. The molecule has 2 amide bonds. The number of urea groups is 1. The van der Waals surface area contributed by atoms with Crippen molar-refractivity contribution in [1.82, 2.24) is 4.98 Å². The first-order valence-electron chi connectivity index (χ1n) is 2.94. The van der Waals surface area contributed by atoms with Gasteiger partial charge in [-0.2, -0.15) is 0 Å². The van der Waals surface area contributed by atoms with E-state index >= 15 is 0 Å². The van der Waals surface area contributed by atoms with Gasteiger partial charge in [-0.15, -0.1) is 0 Å². The molecule has 0 radical (unpaired) electrons. The summed E-state index contributed by atoms with van der Waals surface area (Å²) >= 11 is 0. The predicted octanol–water partition coefficient (Wildman–Crippen LogP) is -0.134. The van der Waals surface area contributed by atoms with E-state index in [0.717, 1.165) is 0 Å². The number of pyridine rings is 1. The van der Waals surface area contributed by atoms with Crippen molar-refractivity contribution in [3.05, 3.63) is 28.7 Å². The molecule has 5 heteroatoms. The number of aromatic amines is 1. The highest BCUT2D eigenvalue weighted by Crippen LogP contribution is 1.93. The van der Waals surface area contributed by atoms with Crippen molar-refractivity contribution in [3.8, 4) is 0 Å². The highest BCUT2D eigenvalue weighted by molar-refractivity contribution is 5.87. The Morgan fingerprint density at radius 3 is 2.91 bits per heavy atom. The maximum atomic E-state index is 10.8. The Kier molecular flexibility index (Phi) is 1.91. The molecule has 5 nitrogen and oxygen atoms in total. The lowest BCUT2D eigenvalue weighted by Gasteiger charge is -1.97. The fourth-order valence-electron chi connectivity index (χ4n) is 0.653. The van der Waals surface area contributed by atoms with E-state index in [2.05, 4.69) is 10.3 Å². The van der Waals surface area contributed by atoms with E-state index in [1.54, 1.807) is 6.07 Å². The molecule has 0 aliphatic carbocycles. The summed E-state index contributed by atoms with van der Waals surface area (Å²) in [6, 6.07) is 2.30. The fraction of sp³-hybridized carbons (Fsp3) is 0. The highest BCUT2D eigenvalue weighted by atomic mass is 16.2. The maximum absolute atomic E-state index is 10.8. The number of primary amides is 1. The molecule has 0 aromatic carbocycles. The van der Waals surface area contributed by atoms with Crippen molar-refractivity contribution in [3.63, 3.8) is 0 Å². The van der Waals surface area contributed by atoms with Crippen LogP contribution in [0.25, 0.3) is 0 Å². The largest absolute Gasteiger partial charge is 0.351 e. The Morgan fingerprint density at radius 1 is 1.64 bits per heavy atom. The minimum Gasteiger partial charge on any atom is -0.351 e. The van der Waals surface area contributed by atoms with Crippen LogP contribution in [0, 0.1) is 0 Å². The van der Waals surface area contributed by atoms with Crippen molar-refractivity contribution in [2.45, 2.75) is 0 Å². The van der Waals surface area contributed by atoms with Crippen LogP contribution in [0.2, 0.25) is 0 Å². The van der Waals surface area contributed by atoms with Crippen LogP contribution in [0.4, 0.5) is 10.5 Å². The second-order valence-corrected chi connectivity index (χ2v) is 1.90. The molecule has 58 valence electrons. The van der Waals surface area contributed by atoms with Crippen LogP contribution in [0.3, 0.4) is 0 Å². The van der Waals surface area contributed by atoms with E-state index in [1.165, 1.54) is 12.3 Å². The zero-order chi connectivity index (χ0) is 8.27. The molecular formula is C6H7N3O2. The van der Waals surface area contributed by atoms with Gasteiger partial charge in [0.05, 0.1) is 0 Å². The maximum Gasteiger partial charge on any atom is 0.316 e. The van der Waals surface area contributed by atoms with Gasteiger partial charge in [-0.1, -0.05) is 0 Å². The summed E-state index contributed by atoms with van der Waals surface area (Å²) in [6.07, 6.45) is 1.47. The molecule has 0 atom stereocenters. The third-order valence-electron chi connectivity index (χ3n) is 1.08. The summed E-state index contributed by atoms with van der Waals surface area (Å²) in [6.45, 7) is 0. The summed E-state index contributed by atoms with van der Waals surface area (Å²) in [5, 5.41) is 2.17. The number of carbonyl (C=O) groups excluding carboxylic acids is 1. The van der Waals surface area contributed by atoms with Crippen LogP contribution < -0.4 is 16.6 Å². The Labute approximate surface area is 62.2 Å². The molecule has 0 spiro atoms. The van der Waals surface area contributed by atoms with Crippen LogP contribution in [-0.4, -0.2) is 11.0 Å². The lowest BCUT2D eigenvalue weighted by molar-refractivity contribution is 0.259. The number of nitrogens with one attached hydrogen (secondary N) is 2. The number of anilines is 1. The number of H-pyrrole nitrogens is 1. The first-order chi connectivity index (χ1) is 5.20. The minimum absolute atomic E-state index is 0.153. The topological polar surface area (TPSA) is 88.0 Å². The molecule has 0 saturated carbocycles. The van der Waals surface area contributed by atoms with Crippen LogP contribution in [-0.2, 0) is 0 Å². The molecule has 0 fully saturated rings. The average molecular weight is 153 g/mol. The Morgan fingerprint density at radius 2 is 2.36 bits per heavy atom. The quantitative estimate of drug-likeness (QED) is 0.524. The van der Waals surface area contributed by atoms with Gasteiger partial charge in [0, 0.05) is 6.20 Å². The minimum atomic E-state index is -0.748. The second-order valence-electron chi connectivity index (χ2n) is 1.90. The standard InChI is InChI=1S/C6H7N3O2/c7-6(11)9-4-2-1-3-8-5(4)10/h1-3H,(H,8,10)(H3,7,9,11). The van der Waals surface area contributed by atoms with Gasteiger partial charge < -0.3 is 16.0 Å². The van der Waals surface area contributed by atoms with Gasteiger partial charge in [-0.05, 0) is 12.1 Å². The summed E-state index contributed by atoms with van der Waals surface area (Å²) in [5.41, 5.74) is 4.57. The van der Waals surface area contributed by atoms with Crippen LogP contribution >= 0.6 is 0 Å². The summed E-state index contributed by atoms with van der Waals surface area (Å²) in [4.78, 5) is 23.5. The Balaban J connectivity index is 2.95. The van der Waals surface area contributed by atoms with Gasteiger partial charge in [0.15, 0.2) is 0 Å². The summed E-state index contributed by atoms with van der Waals surface area (Å²) < 4.78 is 0. The molecule has 1 aromatic rings. The molecule has 1 heterocycles. The molecule has 0 saturated heterocycles. The first kappa shape index (κ1) is 7.33. The molecule has 0 aliphatic rings. The number of carbonyl (C=O) groups is 1. The van der Waals surface area contributed by atoms with Crippen LogP contribution in [0.15, 0.2) is 23.1 Å². The highest BCUT2D eigenvalue weighted by Gasteiger charge is 1.97. The smallest absolute Gasteiger partial charge is 0.316 e. The van der Waals surface area contributed by atoms with E-state index < -0.39 is 6.03 Å². The van der Waals surface area contributed by atoms with E-state index in [1.807, 2.05) is 0 Å². The normalized spacial score (nSPS) is 9.09. The number of nitrogens with two attached hydrogens (primary N) is 1. The number of amides is 2. The molecule has 0 bridgehead atoms. The average Bonchev–Trinajstić information content (AvgIpc) is 1.93. The van der Waals surface area contributed by atoms with E-state index in [0.29, 0.717) is 0 Å². The van der Waals surface area contributed by atoms with Crippen molar-refractivity contribution < 1.29 is 4.79 Å². The Hall–Kier alpha value is -1.78. The SMILES string of the molecule is NC(=O)Nc1ccc[nH]c1=O. The molecule has 1 aromatic heterocycles. The van der Waals surface area contributed by atoms with Gasteiger partial charge in [0.2, 0.25) is 0 Å². The monoisotopic (exact) mass is 153 g/mol. The van der Waals surface area contributed by atoms with Gasteiger partial charge in [-0.25, -0.2) is 4.79 Å². The summed E-state index contributed by atoms with van der Waals surface area (Å²) in [7, 11) is 0. The van der Waals surface area contributed by atoms with E-state index in [-0.39, 0.29) is 11.2 Å². The predicted molar refractivity (Wildman–Crippen MR) is 40.3 cm³/mol. The lowest BCUT2D eigenvalue weighted by atomic mass is 10.4. The van der Waals surface area contributed by atoms with E-state index in [9.17, 15) is 9.59 Å². The molecular weight excluding hydrogens is 146 g/mol. The number of hydrogen-bond acceptors (Lipinski definition) is 2. The molecule has 1 rings (SSSR count). The first-order valence-corrected chi connectivity index (χ1v) is 2.94. The second kappa shape index (κ2) is 2.87. The van der Waals surface area contributed by atoms with Crippen LogP contribution in [0.1, 0.15) is 0 Å². The molecule has 0 aliphatic heterocycles. The zero-order valence-electron chi connectivity index (χ0n) is 5.63. The lowest BCUT2D eigenvalue weighted by Crippen LogP contribution is -2.24. The number of hydrogen-bond donors (Lipinski definition) is 3. The van der Waals surface area contributed by atoms with Gasteiger partial charge in [0.1, 0.15) is 5.69 Å². The molecule has 4 N–H and O–H groups in total. The molecule has 11 heavy (non-hydrogen) atoms.